The minimum absolute atomic E-state index is 0. The number of amides is 1. The molecule has 1 unspecified atom stereocenters. The van der Waals surface area contributed by atoms with E-state index in [0.29, 0.717) is 0 Å². The molecule has 3 nitrogen and oxygen atoms in total. The summed E-state index contributed by atoms with van der Waals surface area (Å²) in [7, 11) is 0. The lowest BCUT2D eigenvalue weighted by molar-refractivity contribution is -0.117. The van der Waals surface area contributed by atoms with Gasteiger partial charge in [0.2, 0.25) is 5.91 Å². The minimum atomic E-state index is 0. The van der Waals surface area contributed by atoms with Gasteiger partial charge in [-0.3, -0.25) is 4.79 Å². The van der Waals surface area contributed by atoms with Crippen LogP contribution in [0, 0.1) is 5.92 Å². The second-order valence-electron chi connectivity index (χ2n) is 4.55. The quantitative estimate of drug-likeness (QED) is 0.745. The second kappa shape index (κ2) is 9.49. The van der Waals surface area contributed by atoms with E-state index in [0.717, 1.165) is 44.0 Å². The molecule has 1 rings (SSSR count). The molecule has 4 heteroatoms. The molecule has 1 saturated heterocycles. The Labute approximate surface area is 111 Å². The van der Waals surface area contributed by atoms with Crippen LogP contribution in [-0.4, -0.2) is 25.5 Å². The maximum Gasteiger partial charge on any atom is 0.246 e. The lowest BCUT2D eigenvalue weighted by atomic mass is 9.96. The van der Waals surface area contributed by atoms with E-state index >= 15 is 0 Å². The highest BCUT2D eigenvalue weighted by atomic mass is 35.5. The maximum atomic E-state index is 11.6. The molecule has 1 atom stereocenters. The molecule has 0 aromatic carbocycles. The molecule has 1 heterocycles. The largest absolute Gasteiger partial charge is 0.352 e. The van der Waals surface area contributed by atoms with Crippen molar-refractivity contribution in [3.8, 4) is 0 Å². The summed E-state index contributed by atoms with van der Waals surface area (Å²) in [4.78, 5) is 11.6. The Kier molecular flexibility index (Phi) is 9.18. The van der Waals surface area contributed by atoms with Crippen LogP contribution in [0.3, 0.4) is 0 Å². The highest BCUT2D eigenvalue weighted by molar-refractivity contribution is 5.92. The molecule has 0 aliphatic carbocycles. The summed E-state index contributed by atoms with van der Waals surface area (Å²) in [5.74, 6) is 0.829. The first-order valence-corrected chi connectivity index (χ1v) is 6.39. The molecule has 1 amide bonds. The number of rotatable bonds is 5. The number of carbonyl (C=O) groups excluding carboxylic acids is 1. The van der Waals surface area contributed by atoms with Crippen LogP contribution in [0.15, 0.2) is 11.6 Å². The monoisotopic (exact) mass is 260 g/mol. The number of hydrogen-bond donors (Lipinski definition) is 2. The zero-order valence-corrected chi connectivity index (χ0v) is 11.7. The van der Waals surface area contributed by atoms with Crippen molar-refractivity contribution in [3.63, 3.8) is 0 Å². The van der Waals surface area contributed by atoms with E-state index in [1.807, 2.05) is 19.9 Å². The fourth-order valence-electron chi connectivity index (χ4n) is 2.10. The molecule has 100 valence electrons. The molecule has 0 spiro atoms. The zero-order chi connectivity index (χ0) is 11.8. The van der Waals surface area contributed by atoms with E-state index in [9.17, 15) is 4.79 Å². The van der Waals surface area contributed by atoms with Crippen molar-refractivity contribution in [2.24, 2.45) is 5.92 Å². The topological polar surface area (TPSA) is 41.1 Å². The molecule has 0 saturated carbocycles. The predicted octanol–water partition coefficient (Wildman–Crippen LogP) is 2.27. The summed E-state index contributed by atoms with van der Waals surface area (Å²) in [6.45, 7) is 6.99. The van der Waals surface area contributed by atoms with Crippen LogP contribution in [-0.2, 0) is 4.79 Å². The van der Waals surface area contributed by atoms with Gasteiger partial charge in [0, 0.05) is 12.1 Å². The van der Waals surface area contributed by atoms with Gasteiger partial charge >= 0.3 is 0 Å². The van der Waals surface area contributed by atoms with Crippen LogP contribution in [0.25, 0.3) is 0 Å². The molecular formula is C13H25ClN2O. The van der Waals surface area contributed by atoms with Gasteiger partial charge in [0.25, 0.3) is 0 Å². The first-order valence-electron chi connectivity index (χ1n) is 6.39. The van der Waals surface area contributed by atoms with Gasteiger partial charge in [-0.05, 0) is 51.6 Å². The van der Waals surface area contributed by atoms with E-state index in [1.165, 1.54) is 12.8 Å². The van der Waals surface area contributed by atoms with Crippen molar-refractivity contribution >= 4 is 18.3 Å². The summed E-state index contributed by atoms with van der Waals surface area (Å²) >= 11 is 0. The third-order valence-corrected chi connectivity index (χ3v) is 3.11. The standard InChI is InChI=1S/C13H24N2O.ClH/c1-3-5-11(2)13(16)15-9-7-12-6-4-8-14-10-12;/h5,12,14H,3-4,6-10H2,1-2H3,(H,15,16);1H/b11-5+;. The van der Waals surface area contributed by atoms with Gasteiger partial charge in [-0.2, -0.15) is 0 Å². The van der Waals surface area contributed by atoms with Crippen molar-refractivity contribution in [2.45, 2.75) is 39.5 Å². The number of piperidine rings is 1. The molecule has 1 fully saturated rings. The lowest BCUT2D eigenvalue weighted by Crippen LogP contribution is -2.33. The molecule has 2 N–H and O–H groups in total. The number of nitrogens with one attached hydrogen (secondary N) is 2. The molecule has 0 radical (unpaired) electrons. The van der Waals surface area contributed by atoms with Crippen molar-refractivity contribution in [1.29, 1.82) is 0 Å². The Balaban J connectivity index is 0.00000256. The lowest BCUT2D eigenvalue weighted by Gasteiger charge is -2.22. The fraction of sp³-hybridized carbons (Fsp3) is 0.769. The number of allylic oxidation sites excluding steroid dienone is 1. The van der Waals surface area contributed by atoms with Crippen LogP contribution >= 0.6 is 12.4 Å². The van der Waals surface area contributed by atoms with Gasteiger partial charge in [-0.25, -0.2) is 0 Å². The third-order valence-electron chi connectivity index (χ3n) is 3.11. The number of carbonyl (C=O) groups is 1. The molecular weight excluding hydrogens is 236 g/mol. The van der Waals surface area contributed by atoms with Crippen molar-refractivity contribution < 1.29 is 4.79 Å². The van der Waals surface area contributed by atoms with Gasteiger partial charge in [0.05, 0.1) is 0 Å². The summed E-state index contributed by atoms with van der Waals surface area (Å²) in [5, 5.41) is 6.37. The molecule has 1 aliphatic rings. The van der Waals surface area contributed by atoms with E-state index in [2.05, 4.69) is 10.6 Å². The van der Waals surface area contributed by atoms with Crippen molar-refractivity contribution in [3.05, 3.63) is 11.6 Å². The Bertz CT molecular complexity index is 248. The van der Waals surface area contributed by atoms with Gasteiger partial charge in [0.15, 0.2) is 0 Å². The zero-order valence-electron chi connectivity index (χ0n) is 10.9. The van der Waals surface area contributed by atoms with Crippen LogP contribution < -0.4 is 10.6 Å². The molecule has 17 heavy (non-hydrogen) atoms. The Morgan fingerprint density at radius 2 is 2.29 bits per heavy atom. The average Bonchev–Trinajstić information content (AvgIpc) is 2.30. The van der Waals surface area contributed by atoms with Crippen molar-refractivity contribution in [2.75, 3.05) is 19.6 Å². The highest BCUT2D eigenvalue weighted by Gasteiger charge is 2.12. The molecule has 0 aromatic rings. The van der Waals surface area contributed by atoms with Gasteiger partial charge in [0.1, 0.15) is 0 Å². The van der Waals surface area contributed by atoms with E-state index < -0.39 is 0 Å². The average molecular weight is 261 g/mol. The predicted molar refractivity (Wildman–Crippen MR) is 74.5 cm³/mol. The Hall–Kier alpha value is -0.540. The summed E-state index contributed by atoms with van der Waals surface area (Å²) in [6.07, 6.45) is 6.56. The van der Waals surface area contributed by atoms with E-state index in [4.69, 9.17) is 0 Å². The molecule has 0 aromatic heterocycles. The normalized spacial score (nSPS) is 20.6. The molecule has 0 bridgehead atoms. The Morgan fingerprint density at radius 3 is 2.88 bits per heavy atom. The highest BCUT2D eigenvalue weighted by Crippen LogP contribution is 2.12. The number of hydrogen-bond acceptors (Lipinski definition) is 2. The Morgan fingerprint density at radius 1 is 1.53 bits per heavy atom. The van der Waals surface area contributed by atoms with Crippen LogP contribution in [0.2, 0.25) is 0 Å². The van der Waals surface area contributed by atoms with E-state index in [1.54, 1.807) is 0 Å². The third kappa shape index (κ3) is 6.69. The van der Waals surface area contributed by atoms with Crippen molar-refractivity contribution in [1.82, 2.24) is 10.6 Å². The molecule has 1 aliphatic heterocycles. The fourth-order valence-corrected chi connectivity index (χ4v) is 2.10. The summed E-state index contributed by atoms with van der Waals surface area (Å²) in [6, 6.07) is 0. The first kappa shape index (κ1) is 16.5. The van der Waals surface area contributed by atoms with Gasteiger partial charge in [-0.1, -0.05) is 13.0 Å². The SMILES string of the molecule is CC/C=C(\C)C(=O)NCCC1CCCNC1.Cl. The van der Waals surface area contributed by atoms with Crippen LogP contribution in [0.4, 0.5) is 0 Å². The van der Waals surface area contributed by atoms with E-state index in [-0.39, 0.29) is 18.3 Å². The van der Waals surface area contributed by atoms with Gasteiger partial charge < -0.3 is 10.6 Å². The summed E-state index contributed by atoms with van der Waals surface area (Å²) in [5.41, 5.74) is 0.837. The second-order valence-corrected chi connectivity index (χ2v) is 4.55. The maximum absolute atomic E-state index is 11.6. The number of halogens is 1. The van der Waals surface area contributed by atoms with Crippen LogP contribution in [0.1, 0.15) is 39.5 Å². The summed E-state index contributed by atoms with van der Waals surface area (Å²) < 4.78 is 0. The first-order chi connectivity index (χ1) is 7.74. The smallest absolute Gasteiger partial charge is 0.246 e. The van der Waals surface area contributed by atoms with Gasteiger partial charge in [-0.15, -0.1) is 12.4 Å². The minimum Gasteiger partial charge on any atom is -0.352 e. The van der Waals surface area contributed by atoms with Crippen LogP contribution in [0.5, 0.6) is 0 Å².